The summed E-state index contributed by atoms with van der Waals surface area (Å²) in [5.74, 6) is -0.0872. The second kappa shape index (κ2) is 54.7. The monoisotopic (exact) mass is 981 g/mol. The Hall–Kier alpha value is -2.66. The molecule has 1 saturated heterocycles. The van der Waals surface area contributed by atoms with Crippen LogP contribution in [0.4, 0.5) is 0 Å². The molecule has 2 atom stereocenters. The average Bonchev–Trinajstić information content (AvgIpc) is 4.10. The number of rotatable bonds is 50. The van der Waals surface area contributed by atoms with Crippen molar-refractivity contribution in [2.45, 2.75) is 315 Å². The number of unbranched alkanes of at least 4 members (excludes halogenated alkanes) is 29. The smallest absolute Gasteiger partial charge is 0.305 e. The van der Waals surface area contributed by atoms with Gasteiger partial charge in [0.2, 0.25) is 0 Å². The molecule has 406 valence electrons. The highest BCUT2D eigenvalue weighted by atomic mass is 16.6. The van der Waals surface area contributed by atoms with Crippen molar-refractivity contribution in [2.75, 3.05) is 19.8 Å². The van der Waals surface area contributed by atoms with Crippen molar-refractivity contribution in [3.05, 3.63) is 0 Å². The van der Waals surface area contributed by atoms with E-state index in [4.69, 9.17) is 24.1 Å². The molecule has 0 amide bonds. The van der Waals surface area contributed by atoms with Crippen molar-refractivity contribution < 1.29 is 52.8 Å². The standard InChI is InChI=1S/C26H50O4.C26H50O3.C6H8O4/c1-3-5-7-9-15-19-23-29-25(27)21-17-13-11-12-14-18-22-26(28)30-24-20-16-10-8-6-4-2;1-3-5-7-9-12-16-20-24-25(29-24)21-17-13-11-14-18-22-26(27)28-23-19-15-10-8-6-4-2;7-3-1-6(10,5-9)2-4-8/h3-24H2,1-2H3;24-25H,3-23H2,1-2H3;3-5,10H,1-2H2. The normalized spacial score (nSPS) is 13.9. The summed E-state index contributed by atoms with van der Waals surface area (Å²) >= 11 is 0. The Labute approximate surface area is 423 Å². The minimum Gasteiger partial charge on any atom is -0.466 e. The van der Waals surface area contributed by atoms with E-state index < -0.39 is 5.60 Å². The third kappa shape index (κ3) is 53.0. The fourth-order valence-electron chi connectivity index (χ4n) is 8.09. The molecular weight excluding hydrogens is 873 g/mol. The molecule has 1 rings (SSSR count). The number of hydrogen-bond acceptors (Lipinski definition) is 11. The molecule has 0 aromatic heterocycles. The van der Waals surface area contributed by atoms with Gasteiger partial charge in [-0.3, -0.25) is 14.4 Å². The lowest BCUT2D eigenvalue weighted by Crippen LogP contribution is -2.31. The van der Waals surface area contributed by atoms with E-state index in [1.54, 1.807) is 0 Å². The van der Waals surface area contributed by atoms with Gasteiger partial charge >= 0.3 is 17.9 Å². The van der Waals surface area contributed by atoms with Crippen LogP contribution in [-0.2, 0) is 47.7 Å². The summed E-state index contributed by atoms with van der Waals surface area (Å²) in [5.41, 5.74) is -1.77. The Kier molecular flexibility index (Phi) is 54.2. The average molecular weight is 981 g/mol. The fraction of sp³-hybridized carbons (Fsp3) is 0.897. The lowest BCUT2D eigenvalue weighted by Gasteiger charge is -2.13. The van der Waals surface area contributed by atoms with Crippen molar-refractivity contribution in [3.8, 4) is 0 Å². The molecule has 0 spiro atoms. The van der Waals surface area contributed by atoms with E-state index in [0.717, 1.165) is 70.6 Å². The maximum Gasteiger partial charge on any atom is 0.305 e. The maximum atomic E-state index is 11.7. The molecule has 1 aliphatic rings. The second-order valence-corrected chi connectivity index (χ2v) is 19.6. The molecule has 0 aromatic rings. The molecule has 1 fully saturated rings. The summed E-state index contributed by atoms with van der Waals surface area (Å²) in [6.45, 7) is 10.7. The van der Waals surface area contributed by atoms with Crippen LogP contribution in [0.25, 0.3) is 0 Å². The summed E-state index contributed by atoms with van der Waals surface area (Å²) in [5, 5.41) is 8.99. The molecule has 2 unspecified atom stereocenters. The van der Waals surface area contributed by atoms with E-state index in [-0.39, 0.29) is 37.0 Å². The molecule has 1 heterocycles. The van der Waals surface area contributed by atoms with Crippen molar-refractivity contribution in [3.63, 3.8) is 0 Å². The van der Waals surface area contributed by atoms with Crippen LogP contribution in [0.1, 0.15) is 297 Å². The van der Waals surface area contributed by atoms with Gasteiger partial charge in [-0.25, -0.2) is 0 Å². The zero-order valence-electron chi connectivity index (χ0n) is 45.2. The topological polar surface area (TPSA) is 163 Å². The number of hydrogen-bond donors (Lipinski definition) is 1. The number of carbonyl (C=O) groups excluding carboxylic acids is 6. The van der Waals surface area contributed by atoms with E-state index in [9.17, 15) is 28.8 Å². The van der Waals surface area contributed by atoms with Crippen molar-refractivity contribution in [1.82, 2.24) is 0 Å². The highest BCUT2D eigenvalue weighted by molar-refractivity contribution is 5.73. The Morgan fingerprint density at radius 2 is 0.638 bits per heavy atom. The first kappa shape index (κ1) is 68.4. The first-order valence-electron chi connectivity index (χ1n) is 28.8. The molecule has 0 aliphatic carbocycles. The van der Waals surface area contributed by atoms with Gasteiger partial charge in [-0.2, -0.15) is 0 Å². The van der Waals surface area contributed by atoms with E-state index >= 15 is 0 Å². The predicted molar refractivity (Wildman–Crippen MR) is 281 cm³/mol. The number of esters is 3. The molecular formula is C58H108O11. The minimum absolute atomic E-state index is 0.00229. The number of ether oxygens (including phenoxy) is 4. The Morgan fingerprint density at radius 1 is 0.391 bits per heavy atom. The van der Waals surface area contributed by atoms with Crippen LogP contribution in [-0.4, -0.2) is 79.5 Å². The fourth-order valence-corrected chi connectivity index (χ4v) is 8.09. The Balaban J connectivity index is 0. The van der Waals surface area contributed by atoms with Crippen molar-refractivity contribution in [1.29, 1.82) is 0 Å². The van der Waals surface area contributed by atoms with Gasteiger partial charge in [0.1, 0.15) is 18.2 Å². The Bertz CT molecular complexity index is 1110. The van der Waals surface area contributed by atoms with Gasteiger partial charge in [0.15, 0.2) is 6.29 Å². The van der Waals surface area contributed by atoms with Crippen LogP contribution >= 0.6 is 0 Å². The summed E-state index contributed by atoms with van der Waals surface area (Å²) in [6, 6.07) is 0. The van der Waals surface area contributed by atoms with Crippen molar-refractivity contribution in [2.24, 2.45) is 0 Å². The van der Waals surface area contributed by atoms with E-state index in [1.807, 2.05) is 0 Å². The van der Waals surface area contributed by atoms with Crippen LogP contribution in [0.5, 0.6) is 0 Å². The minimum atomic E-state index is -1.77. The van der Waals surface area contributed by atoms with Gasteiger partial charge in [0.05, 0.1) is 32.0 Å². The predicted octanol–water partition coefficient (Wildman–Crippen LogP) is 15.1. The first-order valence-corrected chi connectivity index (χ1v) is 28.8. The van der Waals surface area contributed by atoms with E-state index in [2.05, 4.69) is 27.7 Å². The molecule has 11 nitrogen and oxygen atoms in total. The molecule has 1 aliphatic heterocycles. The van der Waals surface area contributed by atoms with Crippen LogP contribution in [0.2, 0.25) is 0 Å². The third-order valence-electron chi connectivity index (χ3n) is 12.8. The lowest BCUT2D eigenvalue weighted by atomic mass is 10.00. The third-order valence-corrected chi connectivity index (χ3v) is 12.8. The molecule has 0 bridgehead atoms. The van der Waals surface area contributed by atoms with Gasteiger partial charge in [0, 0.05) is 32.1 Å². The summed E-state index contributed by atoms with van der Waals surface area (Å²) < 4.78 is 21.7. The number of aldehydes is 3. The van der Waals surface area contributed by atoms with Gasteiger partial charge < -0.3 is 38.4 Å². The number of carbonyl (C=O) groups is 6. The van der Waals surface area contributed by atoms with Crippen LogP contribution in [0.15, 0.2) is 0 Å². The van der Waals surface area contributed by atoms with Crippen LogP contribution < -0.4 is 0 Å². The van der Waals surface area contributed by atoms with Gasteiger partial charge in [-0.15, -0.1) is 0 Å². The Morgan fingerprint density at radius 3 is 0.899 bits per heavy atom. The number of aliphatic hydroxyl groups is 1. The highest BCUT2D eigenvalue weighted by Gasteiger charge is 2.36. The van der Waals surface area contributed by atoms with Crippen LogP contribution in [0.3, 0.4) is 0 Å². The van der Waals surface area contributed by atoms with E-state index in [1.165, 1.54) is 167 Å². The van der Waals surface area contributed by atoms with Gasteiger partial charge in [-0.05, 0) is 51.4 Å². The lowest BCUT2D eigenvalue weighted by molar-refractivity contribution is -0.144. The molecule has 11 heteroatoms. The number of epoxide rings is 1. The molecule has 1 N–H and O–H groups in total. The summed E-state index contributed by atoms with van der Waals surface area (Å²) in [4.78, 5) is 64.8. The first-order chi connectivity index (χ1) is 33.7. The SMILES string of the molecule is CCCCCCCCOC(=O)CCCCCCCC1OC1CCCCCCCC.CCCCCCCCOC(=O)CCCCCCCCC(=O)OCCCCCCCC.O=CCC(O)(C=O)CC=O. The highest BCUT2D eigenvalue weighted by Crippen LogP contribution is 2.32. The van der Waals surface area contributed by atoms with Gasteiger partial charge in [0.25, 0.3) is 0 Å². The zero-order valence-corrected chi connectivity index (χ0v) is 45.2. The van der Waals surface area contributed by atoms with Crippen LogP contribution in [0, 0.1) is 0 Å². The quantitative estimate of drug-likeness (QED) is 0.0203. The van der Waals surface area contributed by atoms with E-state index in [0.29, 0.717) is 63.9 Å². The summed E-state index contributed by atoms with van der Waals surface area (Å²) in [6.07, 6.45) is 48.0. The molecule has 0 radical (unpaired) electrons. The molecule has 0 aromatic carbocycles. The molecule has 69 heavy (non-hydrogen) atoms. The zero-order chi connectivity index (χ0) is 51.2. The molecule has 0 saturated carbocycles. The second-order valence-electron chi connectivity index (χ2n) is 19.6. The van der Waals surface area contributed by atoms with Gasteiger partial charge in [-0.1, -0.05) is 214 Å². The van der Waals surface area contributed by atoms with Crippen molar-refractivity contribution >= 4 is 36.8 Å². The maximum absolute atomic E-state index is 11.7. The largest absolute Gasteiger partial charge is 0.466 e. The summed E-state index contributed by atoms with van der Waals surface area (Å²) in [7, 11) is 0.